The Morgan fingerprint density at radius 1 is 0.607 bits per heavy atom. The molecule has 0 aromatic heterocycles. The van der Waals surface area contributed by atoms with Crippen LogP contribution in [0.15, 0.2) is 0 Å². The molecule has 334 valence electrons. The van der Waals surface area contributed by atoms with Crippen molar-refractivity contribution in [3.63, 3.8) is 0 Å². The summed E-state index contributed by atoms with van der Waals surface area (Å²) >= 11 is 0. The third kappa shape index (κ3) is 29.3. The van der Waals surface area contributed by atoms with Crippen molar-refractivity contribution in [1.82, 2.24) is 0 Å². The number of carbonyl (C=O) groups excluding carboxylic acids is 1. The monoisotopic (exact) mass is 825 g/mol. The lowest BCUT2D eigenvalue weighted by molar-refractivity contribution is -0.301. The average Bonchev–Trinajstić information content (AvgIpc) is 3.17. The molecular formula is C43H84O12S. The minimum Gasteiger partial charge on any atom is -0.457 e. The fourth-order valence-corrected chi connectivity index (χ4v) is 7.77. The first-order valence-electron chi connectivity index (χ1n) is 22.8. The molecule has 12 nitrogen and oxygen atoms in total. The van der Waals surface area contributed by atoms with Gasteiger partial charge >= 0.3 is 16.4 Å². The first-order valence-corrected chi connectivity index (χ1v) is 24.2. The number of aliphatic hydroxyl groups excluding tert-OH is 3. The highest BCUT2D eigenvalue weighted by atomic mass is 32.3. The van der Waals surface area contributed by atoms with Gasteiger partial charge in [0, 0.05) is 13.0 Å². The van der Waals surface area contributed by atoms with Crippen LogP contribution in [0.5, 0.6) is 0 Å². The van der Waals surface area contributed by atoms with Crippen LogP contribution in [0, 0.1) is 0 Å². The Kier molecular flexibility index (Phi) is 34.1. The van der Waals surface area contributed by atoms with Crippen LogP contribution in [-0.4, -0.2) is 97.5 Å². The van der Waals surface area contributed by atoms with Crippen molar-refractivity contribution >= 4 is 16.4 Å². The predicted octanol–water partition coefficient (Wildman–Crippen LogP) is 9.30. The van der Waals surface area contributed by atoms with Gasteiger partial charge in [-0.05, 0) is 12.8 Å². The van der Waals surface area contributed by atoms with Gasteiger partial charge in [0.1, 0.15) is 30.5 Å². The smallest absolute Gasteiger partial charge is 0.397 e. The lowest BCUT2D eigenvalue weighted by Crippen LogP contribution is -2.60. The third-order valence-electron chi connectivity index (χ3n) is 10.7. The number of ether oxygens (including phenoxy) is 4. The maximum Gasteiger partial charge on any atom is 0.397 e. The van der Waals surface area contributed by atoms with Crippen molar-refractivity contribution in [1.29, 1.82) is 0 Å². The molecule has 1 aliphatic heterocycles. The van der Waals surface area contributed by atoms with Gasteiger partial charge in [0.25, 0.3) is 0 Å². The average molecular weight is 825 g/mol. The van der Waals surface area contributed by atoms with Crippen LogP contribution >= 0.6 is 0 Å². The molecular weight excluding hydrogens is 741 g/mol. The summed E-state index contributed by atoms with van der Waals surface area (Å²) in [7, 11) is -5.05. The standard InChI is InChI=1S/C43H84O12S/c1-3-5-7-9-11-13-15-16-17-18-19-20-21-22-23-25-27-29-31-33-51-35-37(53-39(45)32-30-28-26-24-14-12-10-8-6-4-2)36-52-43-41(47)42(55-56(48,49)50)40(46)38(34-44)54-43/h37-38,40-44,46-47H,3-36H2,1-2H3,(H,48,49,50). The van der Waals surface area contributed by atoms with Gasteiger partial charge in [0.15, 0.2) is 6.29 Å². The summed E-state index contributed by atoms with van der Waals surface area (Å²) in [5.41, 5.74) is 0. The molecule has 13 heteroatoms. The van der Waals surface area contributed by atoms with Crippen LogP contribution in [0.25, 0.3) is 0 Å². The van der Waals surface area contributed by atoms with E-state index in [0.717, 1.165) is 38.5 Å². The lowest BCUT2D eigenvalue weighted by atomic mass is 9.99. The topological polar surface area (TPSA) is 178 Å². The molecule has 56 heavy (non-hydrogen) atoms. The Labute approximate surface area is 341 Å². The number of hydrogen-bond acceptors (Lipinski definition) is 11. The third-order valence-corrected chi connectivity index (χ3v) is 11.2. The van der Waals surface area contributed by atoms with Crippen LogP contribution < -0.4 is 0 Å². The van der Waals surface area contributed by atoms with Crippen molar-refractivity contribution in [2.45, 2.75) is 243 Å². The van der Waals surface area contributed by atoms with E-state index in [1.807, 2.05) is 0 Å². The Morgan fingerprint density at radius 3 is 1.43 bits per heavy atom. The van der Waals surface area contributed by atoms with Gasteiger partial charge in [0.2, 0.25) is 0 Å². The quantitative estimate of drug-likeness (QED) is 0.0262. The summed E-state index contributed by atoms with van der Waals surface area (Å²) < 4.78 is 59.0. The molecule has 1 fully saturated rings. The van der Waals surface area contributed by atoms with E-state index >= 15 is 0 Å². The highest BCUT2D eigenvalue weighted by Crippen LogP contribution is 2.26. The SMILES string of the molecule is CCCCCCCCCCCCCCCCCCCCCOCC(COC1OC(CO)C(O)C(OS(=O)(=O)O)C1O)OC(=O)CCCCCCCCCCCC. The van der Waals surface area contributed by atoms with Gasteiger partial charge in [-0.1, -0.05) is 187 Å². The number of carbonyl (C=O) groups is 1. The molecule has 0 amide bonds. The molecule has 1 aliphatic rings. The Hall–Kier alpha value is -0.900. The summed E-state index contributed by atoms with van der Waals surface area (Å²) in [6, 6.07) is 0. The van der Waals surface area contributed by atoms with E-state index in [1.165, 1.54) is 141 Å². The van der Waals surface area contributed by atoms with E-state index in [2.05, 4.69) is 18.0 Å². The van der Waals surface area contributed by atoms with Crippen molar-refractivity contribution in [2.24, 2.45) is 0 Å². The van der Waals surface area contributed by atoms with Gasteiger partial charge in [-0.25, -0.2) is 4.18 Å². The molecule has 1 rings (SSSR count). The summed E-state index contributed by atoms with van der Waals surface area (Å²) in [6.45, 7) is 4.01. The fraction of sp³-hybridized carbons (Fsp3) is 0.977. The van der Waals surface area contributed by atoms with Crippen molar-refractivity contribution < 1.29 is 56.2 Å². The zero-order valence-electron chi connectivity index (χ0n) is 35.5. The zero-order valence-corrected chi connectivity index (χ0v) is 36.3. The summed E-state index contributed by atoms with van der Waals surface area (Å²) in [6.07, 6.45) is 27.2. The Balaban J connectivity index is 2.36. The molecule has 6 unspecified atom stereocenters. The highest BCUT2D eigenvalue weighted by Gasteiger charge is 2.48. The second-order valence-electron chi connectivity index (χ2n) is 16.0. The van der Waals surface area contributed by atoms with Gasteiger partial charge in [-0.2, -0.15) is 8.42 Å². The van der Waals surface area contributed by atoms with E-state index in [9.17, 15) is 28.5 Å². The number of aliphatic hydroxyl groups is 3. The molecule has 0 aromatic rings. The number of rotatable bonds is 40. The van der Waals surface area contributed by atoms with E-state index in [4.69, 9.17) is 23.5 Å². The van der Waals surface area contributed by atoms with Crippen LogP contribution in [0.2, 0.25) is 0 Å². The van der Waals surface area contributed by atoms with Gasteiger partial charge in [-0.3, -0.25) is 9.35 Å². The van der Waals surface area contributed by atoms with Gasteiger partial charge in [0.05, 0.1) is 19.8 Å². The first kappa shape index (κ1) is 53.1. The second-order valence-corrected chi connectivity index (χ2v) is 17.1. The molecule has 0 radical (unpaired) electrons. The molecule has 0 saturated carbocycles. The maximum atomic E-state index is 12.8. The lowest BCUT2D eigenvalue weighted by Gasteiger charge is -2.41. The van der Waals surface area contributed by atoms with Gasteiger partial charge in [-0.15, -0.1) is 0 Å². The van der Waals surface area contributed by atoms with E-state index in [-0.39, 0.29) is 19.6 Å². The molecule has 0 bridgehead atoms. The number of unbranched alkanes of at least 4 members (excludes halogenated alkanes) is 27. The maximum absolute atomic E-state index is 12.8. The Bertz CT molecular complexity index is 999. The van der Waals surface area contributed by atoms with Crippen molar-refractivity contribution in [3.05, 3.63) is 0 Å². The largest absolute Gasteiger partial charge is 0.457 e. The van der Waals surface area contributed by atoms with Crippen LogP contribution in [-0.2, 0) is 38.3 Å². The van der Waals surface area contributed by atoms with Crippen molar-refractivity contribution in [3.8, 4) is 0 Å². The minimum absolute atomic E-state index is 0.0443. The summed E-state index contributed by atoms with van der Waals surface area (Å²) in [5.74, 6) is -0.397. The van der Waals surface area contributed by atoms with E-state index < -0.39 is 59.8 Å². The molecule has 1 heterocycles. The fourth-order valence-electron chi connectivity index (χ4n) is 7.26. The van der Waals surface area contributed by atoms with Crippen LogP contribution in [0.4, 0.5) is 0 Å². The molecule has 0 aliphatic carbocycles. The second kappa shape index (κ2) is 36.0. The molecule has 0 aromatic carbocycles. The predicted molar refractivity (Wildman–Crippen MR) is 221 cm³/mol. The molecule has 6 atom stereocenters. The van der Waals surface area contributed by atoms with E-state index in [0.29, 0.717) is 13.0 Å². The molecule has 1 saturated heterocycles. The van der Waals surface area contributed by atoms with Gasteiger partial charge < -0.3 is 34.3 Å². The number of hydrogen-bond donors (Lipinski definition) is 4. The summed E-state index contributed by atoms with van der Waals surface area (Å²) in [5, 5.41) is 30.6. The minimum atomic E-state index is -5.05. The highest BCUT2D eigenvalue weighted by molar-refractivity contribution is 7.80. The van der Waals surface area contributed by atoms with Crippen LogP contribution in [0.1, 0.15) is 206 Å². The number of esters is 1. The molecule has 0 spiro atoms. The van der Waals surface area contributed by atoms with Crippen LogP contribution in [0.3, 0.4) is 0 Å². The Morgan fingerprint density at radius 2 is 1.02 bits per heavy atom. The van der Waals surface area contributed by atoms with Crippen molar-refractivity contribution in [2.75, 3.05) is 26.4 Å². The van der Waals surface area contributed by atoms with E-state index in [1.54, 1.807) is 0 Å². The zero-order chi connectivity index (χ0) is 41.1. The summed E-state index contributed by atoms with van der Waals surface area (Å²) in [4.78, 5) is 12.8. The first-order chi connectivity index (χ1) is 27.1. The molecule has 4 N–H and O–H groups in total. The normalized spacial score (nSPS) is 20.7.